The average Bonchev–Trinajstić information content (AvgIpc) is 2.45. The Kier molecular flexibility index (Phi) is 3.35. The van der Waals surface area contributed by atoms with Crippen molar-refractivity contribution in [1.29, 1.82) is 0 Å². The number of furan rings is 1. The molecule has 0 aromatic carbocycles. The van der Waals surface area contributed by atoms with Crippen molar-refractivity contribution in [2.75, 3.05) is 0 Å². The lowest BCUT2D eigenvalue weighted by atomic mass is 9.85. The van der Waals surface area contributed by atoms with Crippen LogP contribution in [0.4, 0.5) is 4.39 Å². The second-order valence-corrected chi connectivity index (χ2v) is 4.50. The van der Waals surface area contributed by atoms with Gasteiger partial charge in [-0.3, -0.25) is 0 Å². The van der Waals surface area contributed by atoms with Gasteiger partial charge < -0.3 is 4.42 Å². The van der Waals surface area contributed by atoms with Gasteiger partial charge in [-0.25, -0.2) is 4.39 Å². The number of halogens is 1. The molecule has 0 radical (unpaired) electrons. The minimum absolute atomic E-state index is 0.0505. The Morgan fingerprint density at radius 3 is 2.50 bits per heavy atom. The number of aryl methyl sites for hydroxylation is 1. The van der Waals surface area contributed by atoms with E-state index in [-0.39, 0.29) is 11.2 Å². The van der Waals surface area contributed by atoms with Crippen LogP contribution < -0.4 is 0 Å². The Labute approximate surface area is 85.3 Å². The molecule has 1 aromatic heterocycles. The van der Waals surface area contributed by atoms with Crippen molar-refractivity contribution >= 4 is 0 Å². The highest BCUT2D eigenvalue weighted by atomic mass is 19.1. The lowest BCUT2D eigenvalue weighted by molar-refractivity contribution is 0.345. The van der Waals surface area contributed by atoms with Gasteiger partial charge in [0.1, 0.15) is 11.5 Å². The molecule has 14 heavy (non-hydrogen) atoms. The zero-order valence-corrected chi connectivity index (χ0v) is 9.48. The van der Waals surface area contributed by atoms with E-state index < -0.39 is 0 Å². The van der Waals surface area contributed by atoms with Crippen molar-refractivity contribution in [2.24, 2.45) is 0 Å². The number of hydrogen-bond donors (Lipinski definition) is 0. The van der Waals surface area contributed by atoms with Crippen molar-refractivity contribution < 1.29 is 8.81 Å². The van der Waals surface area contributed by atoms with Crippen LogP contribution in [0.25, 0.3) is 0 Å². The molecule has 1 nitrogen and oxygen atoms in total. The van der Waals surface area contributed by atoms with Gasteiger partial charge in [0.15, 0.2) is 5.82 Å². The summed E-state index contributed by atoms with van der Waals surface area (Å²) in [5.41, 5.74) is -0.0505. The highest BCUT2D eigenvalue weighted by Gasteiger charge is 2.25. The molecule has 0 saturated heterocycles. The van der Waals surface area contributed by atoms with Gasteiger partial charge in [-0.2, -0.15) is 0 Å². The van der Waals surface area contributed by atoms with E-state index in [1.807, 2.05) is 0 Å². The van der Waals surface area contributed by atoms with Gasteiger partial charge in [-0.05, 0) is 13.3 Å². The van der Waals surface area contributed by atoms with Crippen LogP contribution in [0.2, 0.25) is 0 Å². The highest BCUT2D eigenvalue weighted by molar-refractivity contribution is 5.16. The van der Waals surface area contributed by atoms with E-state index in [1.54, 1.807) is 6.92 Å². The molecule has 0 aliphatic rings. The first-order chi connectivity index (χ1) is 6.47. The van der Waals surface area contributed by atoms with Crippen molar-refractivity contribution in [3.63, 3.8) is 0 Å². The van der Waals surface area contributed by atoms with Gasteiger partial charge in [0, 0.05) is 11.5 Å². The maximum Gasteiger partial charge on any atom is 0.164 e. The molecule has 80 valence electrons. The van der Waals surface area contributed by atoms with Crippen LogP contribution >= 0.6 is 0 Å². The fourth-order valence-corrected chi connectivity index (χ4v) is 1.54. The number of unbranched alkanes of at least 4 members (excludes halogenated alkanes) is 1. The first kappa shape index (κ1) is 11.3. The maximum atomic E-state index is 13.1. The second-order valence-electron chi connectivity index (χ2n) is 4.50. The summed E-state index contributed by atoms with van der Waals surface area (Å²) in [7, 11) is 0. The predicted octanol–water partition coefficient (Wildman–Crippen LogP) is 4.19. The van der Waals surface area contributed by atoms with Crippen LogP contribution in [0.15, 0.2) is 10.5 Å². The molecule has 0 aliphatic heterocycles. The van der Waals surface area contributed by atoms with Gasteiger partial charge >= 0.3 is 0 Å². The molecule has 0 fully saturated rings. The summed E-state index contributed by atoms with van der Waals surface area (Å²) < 4.78 is 18.5. The molecule has 0 spiro atoms. The Hall–Kier alpha value is -0.790. The van der Waals surface area contributed by atoms with E-state index in [0.717, 1.165) is 25.0 Å². The van der Waals surface area contributed by atoms with E-state index in [2.05, 4.69) is 20.8 Å². The van der Waals surface area contributed by atoms with Crippen molar-refractivity contribution in [1.82, 2.24) is 0 Å². The zero-order valence-electron chi connectivity index (χ0n) is 9.48. The van der Waals surface area contributed by atoms with Gasteiger partial charge in [-0.15, -0.1) is 0 Å². The second kappa shape index (κ2) is 4.16. The number of rotatable bonds is 4. The Morgan fingerprint density at radius 1 is 1.43 bits per heavy atom. The Morgan fingerprint density at radius 2 is 2.07 bits per heavy atom. The van der Waals surface area contributed by atoms with Crippen LogP contribution in [-0.2, 0) is 5.41 Å². The summed E-state index contributed by atoms with van der Waals surface area (Å²) in [6.45, 7) is 8.01. The van der Waals surface area contributed by atoms with Gasteiger partial charge in [0.2, 0.25) is 0 Å². The molecule has 1 aromatic rings. The lowest BCUT2D eigenvalue weighted by Gasteiger charge is -2.21. The maximum absolute atomic E-state index is 13.1. The Balaban J connectivity index is 2.80. The summed E-state index contributed by atoms with van der Waals surface area (Å²) >= 11 is 0. The van der Waals surface area contributed by atoms with Gasteiger partial charge in [0.05, 0.1) is 0 Å². The lowest BCUT2D eigenvalue weighted by Crippen LogP contribution is -2.15. The van der Waals surface area contributed by atoms with E-state index in [1.165, 1.54) is 6.07 Å². The predicted molar refractivity (Wildman–Crippen MR) is 56.0 cm³/mol. The molecular weight excluding hydrogens is 179 g/mol. The van der Waals surface area contributed by atoms with Gasteiger partial charge in [-0.1, -0.05) is 33.6 Å². The SMILES string of the molecule is CCCCC(C)(C)c1cc(F)c(C)o1. The first-order valence-electron chi connectivity index (χ1n) is 5.24. The van der Waals surface area contributed by atoms with E-state index in [0.29, 0.717) is 5.76 Å². The molecule has 0 amide bonds. The third-order valence-electron chi connectivity index (χ3n) is 2.68. The summed E-state index contributed by atoms with van der Waals surface area (Å²) in [6, 6.07) is 1.52. The van der Waals surface area contributed by atoms with Crippen LogP contribution in [-0.4, -0.2) is 0 Å². The van der Waals surface area contributed by atoms with E-state index in [9.17, 15) is 4.39 Å². The molecular formula is C12H19FO. The molecule has 1 rings (SSSR count). The van der Waals surface area contributed by atoms with Crippen LogP contribution in [0.3, 0.4) is 0 Å². The summed E-state index contributed by atoms with van der Waals surface area (Å²) in [5.74, 6) is 0.926. The minimum atomic E-state index is -0.232. The molecule has 0 unspecified atom stereocenters. The first-order valence-corrected chi connectivity index (χ1v) is 5.24. The van der Waals surface area contributed by atoms with Gasteiger partial charge in [0.25, 0.3) is 0 Å². The fourth-order valence-electron chi connectivity index (χ4n) is 1.54. The normalized spacial score (nSPS) is 12.1. The molecule has 1 heterocycles. The minimum Gasteiger partial charge on any atom is -0.463 e. The summed E-state index contributed by atoms with van der Waals surface area (Å²) in [4.78, 5) is 0. The summed E-state index contributed by atoms with van der Waals surface area (Å²) in [5, 5.41) is 0. The number of hydrogen-bond acceptors (Lipinski definition) is 1. The van der Waals surface area contributed by atoms with Crippen LogP contribution in [0, 0.1) is 12.7 Å². The van der Waals surface area contributed by atoms with E-state index in [4.69, 9.17) is 4.42 Å². The molecule has 0 bridgehead atoms. The zero-order chi connectivity index (χ0) is 10.8. The van der Waals surface area contributed by atoms with E-state index >= 15 is 0 Å². The quantitative estimate of drug-likeness (QED) is 0.706. The third kappa shape index (κ3) is 2.37. The topological polar surface area (TPSA) is 13.1 Å². The van der Waals surface area contributed by atoms with Crippen molar-refractivity contribution in [3.05, 3.63) is 23.4 Å². The van der Waals surface area contributed by atoms with Crippen LogP contribution in [0.1, 0.15) is 51.6 Å². The smallest absolute Gasteiger partial charge is 0.164 e. The largest absolute Gasteiger partial charge is 0.463 e. The van der Waals surface area contributed by atoms with Crippen molar-refractivity contribution in [2.45, 2.75) is 52.4 Å². The fraction of sp³-hybridized carbons (Fsp3) is 0.667. The third-order valence-corrected chi connectivity index (χ3v) is 2.68. The molecule has 0 atom stereocenters. The standard InChI is InChI=1S/C12H19FO/c1-5-6-7-12(3,4)11-8-10(13)9(2)14-11/h8H,5-7H2,1-4H3. The monoisotopic (exact) mass is 198 g/mol. The molecule has 0 aliphatic carbocycles. The summed E-state index contributed by atoms with van der Waals surface area (Å²) in [6.07, 6.45) is 3.34. The molecule has 2 heteroatoms. The van der Waals surface area contributed by atoms with Crippen LogP contribution in [0.5, 0.6) is 0 Å². The molecule has 0 saturated carbocycles. The molecule has 0 N–H and O–H groups in total. The highest BCUT2D eigenvalue weighted by Crippen LogP contribution is 2.31. The average molecular weight is 198 g/mol. The Bertz CT molecular complexity index is 280. The van der Waals surface area contributed by atoms with Crippen molar-refractivity contribution in [3.8, 4) is 0 Å².